The highest BCUT2D eigenvalue weighted by molar-refractivity contribution is 7.88. The first-order chi connectivity index (χ1) is 14.8. The number of sulfonamides is 1. The van der Waals surface area contributed by atoms with Gasteiger partial charge in [-0.2, -0.15) is 4.31 Å². The Morgan fingerprint density at radius 2 is 1.68 bits per heavy atom. The number of hydrogen-bond donors (Lipinski definition) is 1. The molecule has 0 radical (unpaired) electrons. The molecule has 1 aromatic heterocycles. The molecule has 0 aliphatic heterocycles. The lowest BCUT2D eigenvalue weighted by molar-refractivity contribution is 0.120. The molecule has 2 saturated carbocycles. The van der Waals surface area contributed by atoms with Crippen molar-refractivity contribution < 1.29 is 13.5 Å². The summed E-state index contributed by atoms with van der Waals surface area (Å²) in [5, 5.41) is 13.3. The molecule has 5 nitrogen and oxygen atoms in total. The highest BCUT2D eigenvalue weighted by Gasteiger charge is 2.46. The van der Waals surface area contributed by atoms with Gasteiger partial charge in [0.2, 0.25) is 10.0 Å². The molecule has 2 aliphatic carbocycles. The van der Waals surface area contributed by atoms with Crippen molar-refractivity contribution in [2.24, 2.45) is 23.7 Å². The van der Waals surface area contributed by atoms with Crippen LogP contribution in [0.25, 0.3) is 21.8 Å². The fourth-order valence-electron chi connectivity index (χ4n) is 6.36. The zero-order valence-corrected chi connectivity index (χ0v) is 19.1. The van der Waals surface area contributed by atoms with Gasteiger partial charge in [0.25, 0.3) is 0 Å². The van der Waals surface area contributed by atoms with E-state index in [1.165, 1.54) is 23.4 Å². The molecule has 2 fully saturated rings. The highest BCUT2D eigenvalue weighted by Crippen LogP contribution is 2.52. The Morgan fingerprint density at radius 1 is 1.06 bits per heavy atom. The van der Waals surface area contributed by atoms with Crippen molar-refractivity contribution in [2.45, 2.75) is 38.8 Å². The fourth-order valence-corrected chi connectivity index (χ4v) is 7.27. The summed E-state index contributed by atoms with van der Waals surface area (Å²) in [6.45, 7) is 3.37. The maximum absolute atomic E-state index is 12.6. The topological polar surface area (TPSA) is 62.5 Å². The summed E-state index contributed by atoms with van der Waals surface area (Å²) >= 11 is 0. The summed E-state index contributed by atoms with van der Waals surface area (Å²) in [4.78, 5) is 0. The maximum Gasteiger partial charge on any atom is 0.211 e. The molecule has 2 bridgehead atoms. The summed E-state index contributed by atoms with van der Waals surface area (Å²) in [5.74, 6) is 2.50. The van der Waals surface area contributed by atoms with Gasteiger partial charge in [-0.15, -0.1) is 0 Å². The first-order valence-electron chi connectivity index (χ1n) is 11.4. The number of aromatic nitrogens is 1. The number of fused-ring (bicyclic) bond motifs is 5. The zero-order chi connectivity index (χ0) is 21.8. The lowest BCUT2D eigenvalue weighted by atomic mass is 9.88. The van der Waals surface area contributed by atoms with Gasteiger partial charge in [-0.05, 0) is 55.1 Å². The second-order valence-corrected chi connectivity index (χ2v) is 11.7. The van der Waals surface area contributed by atoms with Crippen LogP contribution in [-0.4, -0.2) is 47.8 Å². The fraction of sp³-hybridized carbons (Fsp3) is 0.520. The van der Waals surface area contributed by atoms with Crippen molar-refractivity contribution in [1.29, 1.82) is 0 Å². The van der Waals surface area contributed by atoms with E-state index in [0.29, 0.717) is 30.8 Å². The number of aliphatic hydroxyl groups excluding tert-OH is 1. The van der Waals surface area contributed by atoms with Crippen LogP contribution in [0.2, 0.25) is 0 Å². The van der Waals surface area contributed by atoms with Gasteiger partial charge in [-0.1, -0.05) is 43.3 Å². The summed E-state index contributed by atoms with van der Waals surface area (Å²) in [6.07, 6.45) is 4.14. The molecule has 5 unspecified atom stereocenters. The standard InChI is InChI=1S/C25H32N2O3S/c1-17-18-11-12-21(17)19(13-18)14-26(31(2,29)30)15-20(28)16-27-24-9-5-3-7-22(24)23-8-4-6-10-25(23)27/h3-10,17-21,28H,11-16H2,1-2H3. The van der Waals surface area contributed by atoms with Gasteiger partial charge in [-0.25, -0.2) is 8.42 Å². The lowest BCUT2D eigenvalue weighted by Gasteiger charge is -2.30. The first kappa shape index (κ1) is 21.0. The second kappa shape index (κ2) is 7.91. The molecule has 166 valence electrons. The molecule has 1 heterocycles. The number of benzene rings is 2. The lowest BCUT2D eigenvalue weighted by Crippen LogP contribution is -2.42. The minimum Gasteiger partial charge on any atom is -0.390 e. The molecule has 0 amide bonds. The third-order valence-corrected chi connectivity index (χ3v) is 9.13. The van der Waals surface area contributed by atoms with Crippen LogP contribution < -0.4 is 0 Å². The Morgan fingerprint density at radius 3 is 2.19 bits per heavy atom. The number of hydrogen-bond acceptors (Lipinski definition) is 3. The van der Waals surface area contributed by atoms with Gasteiger partial charge in [0.15, 0.2) is 0 Å². The van der Waals surface area contributed by atoms with Crippen LogP contribution >= 0.6 is 0 Å². The van der Waals surface area contributed by atoms with Crippen molar-refractivity contribution in [2.75, 3.05) is 19.3 Å². The Labute approximate surface area is 184 Å². The quantitative estimate of drug-likeness (QED) is 0.602. The smallest absolute Gasteiger partial charge is 0.211 e. The highest BCUT2D eigenvalue weighted by atomic mass is 32.2. The molecule has 0 saturated heterocycles. The van der Waals surface area contributed by atoms with Gasteiger partial charge in [0.1, 0.15) is 0 Å². The van der Waals surface area contributed by atoms with Gasteiger partial charge < -0.3 is 9.67 Å². The van der Waals surface area contributed by atoms with E-state index >= 15 is 0 Å². The molecular weight excluding hydrogens is 408 g/mol. The molecule has 3 aromatic rings. The van der Waals surface area contributed by atoms with Gasteiger partial charge in [-0.3, -0.25) is 0 Å². The van der Waals surface area contributed by atoms with E-state index < -0.39 is 16.1 Å². The molecule has 6 heteroatoms. The van der Waals surface area contributed by atoms with Crippen molar-refractivity contribution in [3.63, 3.8) is 0 Å². The van der Waals surface area contributed by atoms with Gasteiger partial charge in [0.05, 0.1) is 18.9 Å². The summed E-state index contributed by atoms with van der Waals surface area (Å²) in [5.41, 5.74) is 2.13. The van der Waals surface area contributed by atoms with E-state index in [1.807, 2.05) is 24.3 Å². The van der Waals surface area contributed by atoms with Crippen LogP contribution in [0.3, 0.4) is 0 Å². The first-order valence-corrected chi connectivity index (χ1v) is 13.3. The van der Waals surface area contributed by atoms with Crippen molar-refractivity contribution in [3.8, 4) is 0 Å². The Kier molecular flexibility index (Phi) is 5.35. The average molecular weight is 441 g/mol. The van der Waals surface area contributed by atoms with Crippen LogP contribution in [0.5, 0.6) is 0 Å². The Hall–Kier alpha value is -1.89. The molecule has 2 aromatic carbocycles. The monoisotopic (exact) mass is 440 g/mol. The Bertz CT molecular complexity index is 1150. The molecule has 5 atom stereocenters. The minimum atomic E-state index is -3.38. The predicted molar refractivity (Wildman–Crippen MR) is 125 cm³/mol. The van der Waals surface area contributed by atoms with E-state index in [0.717, 1.165) is 34.1 Å². The van der Waals surface area contributed by atoms with Crippen LogP contribution in [0.15, 0.2) is 48.5 Å². The van der Waals surface area contributed by atoms with E-state index in [2.05, 4.69) is 35.8 Å². The number of nitrogens with zero attached hydrogens (tertiary/aromatic N) is 2. The number of aliphatic hydroxyl groups is 1. The van der Waals surface area contributed by atoms with Crippen LogP contribution in [0.4, 0.5) is 0 Å². The van der Waals surface area contributed by atoms with Crippen LogP contribution in [0.1, 0.15) is 26.2 Å². The summed E-state index contributed by atoms with van der Waals surface area (Å²) < 4.78 is 28.8. The summed E-state index contributed by atoms with van der Waals surface area (Å²) in [7, 11) is -3.38. The molecule has 5 rings (SSSR count). The largest absolute Gasteiger partial charge is 0.390 e. The minimum absolute atomic E-state index is 0.141. The third-order valence-electron chi connectivity index (χ3n) is 7.90. The van der Waals surface area contributed by atoms with Crippen LogP contribution in [0, 0.1) is 23.7 Å². The predicted octanol–water partition coefficient (Wildman–Crippen LogP) is 4.10. The number of rotatable bonds is 7. The maximum atomic E-state index is 12.6. The normalized spacial score (nSPS) is 27.0. The van der Waals surface area contributed by atoms with Crippen molar-refractivity contribution >= 4 is 31.8 Å². The molecule has 1 N–H and O–H groups in total. The second-order valence-electron chi connectivity index (χ2n) is 9.73. The average Bonchev–Trinajstić information content (AvgIpc) is 3.36. The van der Waals surface area contributed by atoms with Crippen molar-refractivity contribution in [1.82, 2.24) is 8.87 Å². The van der Waals surface area contributed by atoms with Gasteiger partial charge >= 0.3 is 0 Å². The van der Waals surface area contributed by atoms with Crippen LogP contribution in [-0.2, 0) is 16.6 Å². The molecular formula is C25H32N2O3S. The van der Waals surface area contributed by atoms with E-state index in [-0.39, 0.29) is 6.54 Å². The van der Waals surface area contributed by atoms with E-state index in [9.17, 15) is 13.5 Å². The Balaban J connectivity index is 1.38. The molecule has 0 spiro atoms. The van der Waals surface area contributed by atoms with Crippen molar-refractivity contribution in [3.05, 3.63) is 48.5 Å². The van der Waals surface area contributed by atoms with Gasteiger partial charge in [0, 0.05) is 34.9 Å². The summed E-state index contributed by atoms with van der Waals surface area (Å²) in [6, 6.07) is 16.4. The zero-order valence-electron chi connectivity index (χ0n) is 18.3. The SMILES string of the molecule is CC1C2CCC1C(CN(CC(O)Cn1c3ccccc3c3ccccc31)S(C)(=O)=O)C2. The molecule has 2 aliphatic rings. The molecule has 31 heavy (non-hydrogen) atoms. The van der Waals surface area contributed by atoms with E-state index in [4.69, 9.17) is 0 Å². The number of para-hydroxylation sites is 2. The van der Waals surface area contributed by atoms with E-state index in [1.54, 1.807) is 0 Å². The third kappa shape index (κ3) is 3.79.